The fraction of sp³-hybridized carbons (Fsp3) is 0.650. The second-order valence-electron chi connectivity index (χ2n) is 5.83. The molecule has 0 atom stereocenters. The Morgan fingerprint density at radius 1 is 0.708 bits per heavy atom. The van der Waals surface area contributed by atoms with E-state index in [1.807, 2.05) is 0 Å². The van der Waals surface area contributed by atoms with Gasteiger partial charge in [-0.15, -0.1) is 0 Å². The summed E-state index contributed by atoms with van der Waals surface area (Å²) in [4.78, 5) is 34.3. The van der Waals surface area contributed by atoms with E-state index in [-0.39, 0.29) is 17.5 Å². The molecule has 0 saturated heterocycles. The zero-order chi connectivity index (χ0) is 18.0. The summed E-state index contributed by atoms with van der Waals surface area (Å²) in [6, 6.07) is 0. The molecule has 0 radical (unpaired) electrons. The third-order valence-corrected chi connectivity index (χ3v) is 3.56. The van der Waals surface area contributed by atoms with E-state index in [4.69, 9.17) is 4.74 Å². The summed E-state index contributed by atoms with van der Waals surface area (Å²) in [6.07, 6.45) is 14.5. The van der Waals surface area contributed by atoms with Gasteiger partial charge in [-0.3, -0.25) is 14.4 Å². The minimum absolute atomic E-state index is 0.0474. The molecule has 0 rings (SSSR count). The topological polar surface area (TPSA) is 60.4 Å². The van der Waals surface area contributed by atoms with Gasteiger partial charge in [-0.25, -0.2) is 0 Å². The van der Waals surface area contributed by atoms with Gasteiger partial charge in [-0.1, -0.05) is 44.8 Å². The van der Waals surface area contributed by atoms with Crippen LogP contribution in [0.3, 0.4) is 0 Å². The molecule has 0 heterocycles. The Bertz CT molecular complexity index is 421. The highest BCUT2D eigenvalue weighted by Crippen LogP contribution is 2.06. The molecule has 136 valence electrons. The third-order valence-electron chi connectivity index (χ3n) is 3.56. The molecule has 4 nitrogen and oxygen atoms in total. The minimum Gasteiger partial charge on any atom is -0.466 e. The summed E-state index contributed by atoms with van der Waals surface area (Å²) in [6.45, 7) is 4.35. The number of esters is 1. The Kier molecular flexibility index (Phi) is 15.0. The standard InChI is InChI=1S/C20H32O4/c1-3-5-6-8-13-18(21)15-11-12-16-19(22)14-9-7-10-17-20(23)24-4-2/h11-12,15-16H,3-10,13-14,17H2,1-2H3/b15-11+,16-12+. The van der Waals surface area contributed by atoms with Crippen LogP contribution in [0.2, 0.25) is 0 Å². The lowest BCUT2D eigenvalue weighted by atomic mass is 10.1. The zero-order valence-electron chi connectivity index (χ0n) is 15.2. The minimum atomic E-state index is -0.173. The van der Waals surface area contributed by atoms with Gasteiger partial charge >= 0.3 is 5.97 Å². The van der Waals surface area contributed by atoms with Crippen molar-refractivity contribution in [3.63, 3.8) is 0 Å². The Hall–Kier alpha value is -1.71. The van der Waals surface area contributed by atoms with Crippen LogP contribution in [0.25, 0.3) is 0 Å². The molecule has 0 aliphatic rings. The number of rotatable bonds is 15. The molecule has 0 amide bonds. The number of unbranched alkanes of at least 4 members (excludes halogenated alkanes) is 5. The van der Waals surface area contributed by atoms with Gasteiger partial charge in [0, 0.05) is 19.3 Å². The first-order valence-electron chi connectivity index (χ1n) is 9.16. The van der Waals surface area contributed by atoms with E-state index >= 15 is 0 Å². The van der Waals surface area contributed by atoms with E-state index in [1.165, 1.54) is 18.6 Å². The molecule has 0 aliphatic heterocycles. The van der Waals surface area contributed by atoms with Gasteiger partial charge in [-0.2, -0.15) is 0 Å². The summed E-state index contributed by atoms with van der Waals surface area (Å²) in [5, 5.41) is 0. The van der Waals surface area contributed by atoms with Crippen molar-refractivity contribution in [2.45, 2.75) is 78.1 Å². The van der Waals surface area contributed by atoms with Crippen molar-refractivity contribution in [3.05, 3.63) is 24.3 Å². The molecule has 0 aromatic carbocycles. The quantitative estimate of drug-likeness (QED) is 0.188. The van der Waals surface area contributed by atoms with E-state index in [0.29, 0.717) is 25.9 Å². The highest BCUT2D eigenvalue weighted by molar-refractivity contribution is 5.91. The maximum atomic E-state index is 11.6. The summed E-state index contributed by atoms with van der Waals surface area (Å²) in [7, 11) is 0. The Morgan fingerprint density at radius 3 is 1.71 bits per heavy atom. The third kappa shape index (κ3) is 15.2. The molecule has 0 aliphatic carbocycles. The van der Waals surface area contributed by atoms with Crippen LogP contribution < -0.4 is 0 Å². The van der Waals surface area contributed by atoms with E-state index < -0.39 is 0 Å². The van der Waals surface area contributed by atoms with Gasteiger partial charge in [0.05, 0.1) is 6.61 Å². The Balaban J connectivity index is 3.68. The SMILES string of the molecule is CCCCCCC(=O)/C=C/C=C/C(=O)CCCCCC(=O)OCC. The number of carbonyl (C=O) groups is 3. The van der Waals surface area contributed by atoms with Gasteiger partial charge in [0.15, 0.2) is 11.6 Å². The average molecular weight is 336 g/mol. The highest BCUT2D eigenvalue weighted by atomic mass is 16.5. The van der Waals surface area contributed by atoms with Crippen molar-refractivity contribution in [3.8, 4) is 0 Å². The van der Waals surface area contributed by atoms with Crippen LogP contribution in [0, 0.1) is 0 Å². The van der Waals surface area contributed by atoms with Gasteiger partial charge in [0.25, 0.3) is 0 Å². The van der Waals surface area contributed by atoms with Crippen molar-refractivity contribution in [1.82, 2.24) is 0 Å². The van der Waals surface area contributed by atoms with Crippen LogP contribution in [0.1, 0.15) is 78.1 Å². The molecule has 4 heteroatoms. The molecule has 0 unspecified atom stereocenters. The van der Waals surface area contributed by atoms with Gasteiger partial charge in [0.2, 0.25) is 0 Å². The Labute approximate surface area is 146 Å². The van der Waals surface area contributed by atoms with Crippen LogP contribution >= 0.6 is 0 Å². The lowest BCUT2D eigenvalue weighted by Gasteiger charge is -2.00. The normalized spacial score (nSPS) is 11.2. The summed E-state index contributed by atoms with van der Waals surface area (Å²) in [5.41, 5.74) is 0. The lowest BCUT2D eigenvalue weighted by Crippen LogP contribution is -2.03. The van der Waals surface area contributed by atoms with Crippen molar-refractivity contribution in [2.75, 3.05) is 6.61 Å². The first-order chi connectivity index (χ1) is 11.6. The largest absolute Gasteiger partial charge is 0.466 e. The first kappa shape index (κ1) is 22.3. The predicted molar refractivity (Wildman–Crippen MR) is 96.8 cm³/mol. The number of hydrogen-bond acceptors (Lipinski definition) is 4. The molecule has 24 heavy (non-hydrogen) atoms. The van der Waals surface area contributed by atoms with Crippen molar-refractivity contribution < 1.29 is 19.1 Å². The van der Waals surface area contributed by atoms with E-state index in [0.717, 1.165) is 38.5 Å². The molecule has 0 aromatic rings. The summed E-state index contributed by atoms with van der Waals surface area (Å²) >= 11 is 0. The molecule has 0 N–H and O–H groups in total. The highest BCUT2D eigenvalue weighted by Gasteiger charge is 2.02. The lowest BCUT2D eigenvalue weighted by molar-refractivity contribution is -0.143. The second kappa shape index (κ2) is 16.2. The maximum absolute atomic E-state index is 11.6. The van der Waals surface area contributed by atoms with E-state index in [2.05, 4.69) is 6.92 Å². The van der Waals surface area contributed by atoms with Crippen molar-refractivity contribution >= 4 is 17.5 Å². The monoisotopic (exact) mass is 336 g/mol. The van der Waals surface area contributed by atoms with E-state index in [9.17, 15) is 14.4 Å². The number of allylic oxidation sites excluding steroid dienone is 4. The van der Waals surface area contributed by atoms with Crippen molar-refractivity contribution in [2.24, 2.45) is 0 Å². The fourth-order valence-corrected chi connectivity index (χ4v) is 2.20. The summed E-state index contributed by atoms with van der Waals surface area (Å²) < 4.78 is 4.84. The average Bonchev–Trinajstić information content (AvgIpc) is 2.55. The van der Waals surface area contributed by atoms with Gasteiger partial charge < -0.3 is 4.74 Å². The number of hydrogen-bond donors (Lipinski definition) is 0. The van der Waals surface area contributed by atoms with Gasteiger partial charge in [0.1, 0.15) is 0 Å². The second-order valence-corrected chi connectivity index (χ2v) is 5.83. The van der Waals surface area contributed by atoms with Crippen LogP contribution in [-0.4, -0.2) is 24.1 Å². The fourth-order valence-electron chi connectivity index (χ4n) is 2.20. The van der Waals surface area contributed by atoms with Gasteiger partial charge in [-0.05, 0) is 38.3 Å². The molecule has 0 aromatic heterocycles. The van der Waals surface area contributed by atoms with Crippen LogP contribution in [-0.2, 0) is 19.1 Å². The number of carbonyl (C=O) groups excluding carboxylic acids is 3. The van der Waals surface area contributed by atoms with Crippen LogP contribution in [0.5, 0.6) is 0 Å². The van der Waals surface area contributed by atoms with Crippen LogP contribution in [0.15, 0.2) is 24.3 Å². The van der Waals surface area contributed by atoms with Crippen molar-refractivity contribution in [1.29, 1.82) is 0 Å². The summed E-state index contributed by atoms with van der Waals surface area (Å²) in [5.74, 6) is -0.0124. The Morgan fingerprint density at radius 2 is 1.21 bits per heavy atom. The first-order valence-corrected chi connectivity index (χ1v) is 9.16. The molecule has 0 fully saturated rings. The van der Waals surface area contributed by atoms with E-state index in [1.54, 1.807) is 19.1 Å². The molecular weight excluding hydrogens is 304 g/mol. The molecule has 0 bridgehead atoms. The molecule has 0 saturated carbocycles. The number of ketones is 2. The smallest absolute Gasteiger partial charge is 0.305 e. The van der Waals surface area contributed by atoms with Crippen LogP contribution in [0.4, 0.5) is 0 Å². The molecular formula is C20H32O4. The molecule has 0 spiro atoms. The maximum Gasteiger partial charge on any atom is 0.305 e. The number of ether oxygens (including phenoxy) is 1. The predicted octanol–water partition coefficient (Wildman–Crippen LogP) is 4.72. The zero-order valence-corrected chi connectivity index (χ0v) is 15.2.